The van der Waals surface area contributed by atoms with Gasteiger partial charge in [-0.25, -0.2) is 4.90 Å². The normalized spacial score (nSPS) is 29.0. The van der Waals surface area contributed by atoms with Gasteiger partial charge in [-0.3, -0.25) is 24.1 Å². The lowest BCUT2D eigenvalue weighted by atomic mass is 9.76. The Bertz CT molecular complexity index is 1140. The van der Waals surface area contributed by atoms with Crippen LogP contribution in [-0.2, 0) is 23.9 Å². The number of methoxy groups -OCH3 is 1. The maximum Gasteiger partial charge on any atom is 0.307 e. The summed E-state index contributed by atoms with van der Waals surface area (Å²) in [7, 11) is 1.24. The Morgan fingerprint density at radius 2 is 1.79 bits per heavy atom. The van der Waals surface area contributed by atoms with Crippen LogP contribution in [0.2, 0.25) is 5.02 Å². The fourth-order valence-corrected chi connectivity index (χ4v) is 5.78. The third kappa shape index (κ3) is 3.08. The second-order valence-electron chi connectivity index (χ2n) is 8.47. The molecule has 4 atom stereocenters. The minimum Gasteiger partial charge on any atom is -0.469 e. The molecule has 33 heavy (non-hydrogen) atoms. The highest BCUT2D eigenvalue weighted by Crippen LogP contribution is 2.57. The first-order chi connectivity index (χ1) is 15.9. The number of hydrogen-bond acceptors (Lipinski definition) is 6. The summed E-state index contributed by atoms with van der Waals surface area (Å²) < 4.78 is 4.91. The van der Waals surface area contributed by atoms with E-state index in [-0.39, 0.29) is 6.42 Å². The molecule has 8 nitrogen and oxygen atoms in total. The number of fused-ring (bicyclic) bond motifs is 3. The molecule has 0 spiro atoms. The molecule has 9 heteroatoms. The molecule has 2 aromatic carbocycles. The van der Waals surface area contributed by atoms with E-state index in [1.807, 2.05) is 35.2 Å². The summed E-state index contributed by atoms with van der Waals surface area (Å²) in [6, 6.07) is 15.2. The van der Waals surface area contributed by atoms with Crippen molar-refractivity contribution in [1.29, 1.82) is 0 Å². The van der Waals surface area contributed by atoms with Crippen molar-refractivity contribution >= 4 is 41.0 Å². The Morgan fingerprint density at radius 3 is 2.45 bits per heavy atom. The number of nitrogens with zero attached hydrogens (tertiary/aromatic N) is 2. The van der Waals surface area contributed by atoms with Gasteiger partial charge in [-0.1, -0.05) is 41.9 Å². The van der Waals surface area contributed by atoms with Crippen LogP contribution in [0.15, 0.2) is 54.6 Å². The predicted molar refractivity (Wildman–Crippen MR) is 119 cm³/mol. The minimum atomic E-state index is -1.52. The van der Waals surface area contributed by atoms with Crippen molar-refractivity contribution in [2.45, 2.75) is 18.0 Å². The largest absolute Gasteiger partial charge is 0.469 e. The molecule has 0 saturated carbocycles. The Kier molecular flexibility index (Phi) is 5.22. The molecule has 3 fully saturated rings. The fraction of sp³-hybridized carbons (Fsp3) is 0.333. The maximum atomic E-state index is 13.8. The summed E-state index contributed by atoms with van der Waals surface area (Å²) in [6.07, 6.45) is -0.326. The topological polar surface area (TPSA) is 96.0 Å². The predicted octanol–water partition coefficient (Wildman–Crippen LogP) is 1.93. The lowest BCUT2D eigenvalue weighted by molar-refractivity contribution is -0.154. The molecule has 3 aliphatic rings. The maximum absolute atomic E-state index is 13.8. The van der Waals surface area contributed by atoms with Gasteiger partial charge in [0.05, 0.1) is 31.1 Å². The van der Waals surface area contributed by atoms with E-state index in [2.05, 4.69) is 5.32 Å². The summed E-state index contributed by atoms with van der Waals surface area (Å²) in [5.41, 5.74) is -0.329. The van der Waals surface area contributed by atoms with E-state index in [0.717, 1.165) is 10.5 Å². The molecule has 0 unspecified atom stereocenters. The molecule has 0 bridgehead atoms. The Balaban J connectivity index is 1.70. The average Bonchev–Trinajstić information content (AvgIpc) is 3.26. The van der Waals surface area contributed by atoms with E-state index in [0.29, 0.717) is 23.8 Å². The number of rotatable bonds is 4. The first kappa shape index (κ1) is 21.6. The van der Waals surface area contributed by atoms with Crippen LogP contribution in [-0.4, -0.2) is 54.3 Å². The van der Waals surface area contributed by atoms with Crippen molar-refractivity contribution in [1.82, 2.24) is 10.2 Å². The van der Waals surface area contributed by atoms with Crippen LogP contribution in [0, 0.1) is 11.8 Å². The van der Waals surface area contributed by atoms with Crippen LogP contribution in [0.5, 0.6) is 0 Å². The monoisotopic (exact) mass is 467 g/mol. The van der Waals surface area contributed by atoms with Crippen LogP contribution in [0.25, 0.3) is 0 Å². The summed E-state index contributed by atoms with van der Waals surface area (Å²) in [5.74, 6) is -3.82. The fourth-order valence-electron chi connectivity index (χ4n) is 5.65. The van der Waals surface area contributed by atoms with Crippen LogP contribution < -0.4 is 10.2 Å². The number of halogens is 1. The zero-order chi connectivity index (χ0) is 23.3. The van der Waals surface area contributed by atoms with Crippen molar-refractivity contribution in [2.24, 2.45) is 11.8 Å². The molecule has 2 aromatic rings. The van der Waals surface area contributed by atoms with Gasteiger partial charge in [0.25, 0.3) is 0 Å². The van der Waals surface area contributed by atoms with E-state index in [9.17, 15) is 19.2 Å². The summed E-state index contributed by atoms with van der Waals surface area (Å²) >= 11 is 6.00. The number of anilines is 1. The molecular formula is C24H22ClN3O5. The van der Waals surface area contributed by atoms with Crippen LogP contribution in [0.1, 0.15) is 18.0 Å². The van der Waals surface area contributed by atoms with Crippen LogP contribution in [0.4, 0.5) is 5.69 Å². The number of imide groups is 1. The van der Waals surface area contributed by atoms with Gasteiger partial charge in [-0.05, 0) is 29.8 Å². The molecule has 0 aliphatic carbocycles. The number of ether oxygens (including phenoxy) is 1. The molecule has 3 heterocycles. The number of nitrogens with one attached hydrogen (secondary N) is 1. The zero-order valence-corrected chi connectivity index (χ0v) is 18.6. The van der Waals surface area contributed by atoms with Gasteiger partial charge in [0.1, 0.15) is 5.54 Å². The highest BCUT2D eigenvalue weighted by atomic mass is 35.5. The van der Waals surface area contributed by atoms with Gasteiger partial charge < -0.3 is 10.1 Å². The number of piperazine rings is 1. The number of hydrogen-bond donors (Lipinski definition) is 1. The molecular weight excluding hydrogens is 446 g/mol. The van der Waals surface area contributed by atoms with Gasteiger partial charge in [0.2, 0.25) is 17.7 Å². The number of benzene rings is 2. The van der Waals surface area contributed by atoms with Crippen molar-refractivity contribution in [3.63, 3.8) is 0 Å². The van der Waals surface area contributed by atoms with Gasteiger partial charge in [-0.2, -0.15) is 0 Å². The van der Waals surface area contributed by atoms with Gasteiger partial charge >= 0.3 is 5.97 Å². The van der Waals surface area contributed by atoms with Crippen molar-refractivity contribution in [3.8, 4) is 0 Å². The molecule has 3 amide bonds. The van der Waals surface area contributed by atoms with Gasteiger partial charge in [0, 0.05) is 24.2 Å². The van der Waals surface area contributed by atoms with Crippen LogP contribution in [0.3, 0.4) is 0 Å². The van der Waals surface area contributed by atoms with Gasteiger partial charge in [0.15, 0.2) is 0 Å². The van der Waals surface area contributed by atoms with E-state index in [1.165, 1.54) is 7.11 Å². The van der Waals surface area contributed by atoms with E-state index in [4.69, 9.17) is 16.3 Å². The van der Waals surface area contributed by atoms with Crippen LogP contribution >= 0.6 is 11.6 Å². The molecule has 3 aliphatic heterocycles. The summed E-state index contributed by atoms with van der Waals surface area (Å²) in [4.78, 5) is 56.6. The highest BCUT2D eigenvalue weighted by molar-refractivity contribution is 6.31. The standard InChI is InChI=1S/C24H22ClN3O5/c1-33-17(29)13-24-19-18(21(30)28(22(19)31)16-9-7-15(25)8-10-16)20(14-5-3-2-4-6-14)27(24)12-11-26-23(24)32/h2-10,18-20H,11-13H2,1H3,(H,26,32)/t18-,19-,20+,24-/m0/s1. The minimum absolute atomic E-state index is 0.326. The molecule has 170 valence electrons. The average molecular weight is 468 g/mol. The zero-order valence-electron chi connectivity index (χ0n) is 17.9. The highest BCUT2D eigenvalue weighted by Gasteiger charge is 2.73. The molecule has 0 aromatic heterocycles. The van der Waals surface area contributed by atoms with E-state index in [1.54, 1.807) is 24.3 Å². The quantitative estimate of drug-likeness (QED) is 0.545. The first-order valence-corrected chi connectivity index (χ1v) is 11.1. The first-order valence-electron chi connectivity index (χ1n) is 10.7. The number of amides is 3. The lowest BCUT2D eigenvalue weighted by Crippen LogP contribution is -2.67. The second-order valence-corrected chi connectivity index (χ2v) is 8.91. The molecule has 5 rings (SSSR count). The van der Waals surface area contributed by atoms with E-state index >= 15 is 0 Å². The third-order valence-corrected chi connectivity index (χ3v) is 7.20. The molecule has 0 radical (unpaired) electrons. The molecule has 3 saturated heterocycles. The Hall–Kier alpha value is -3.23. The number of carbonyl (C=O) groups excluding carboxylic acids is 4. The Labute approximate surface area is 195 Å². The summed E-state index contributed by atoms with van der Waals surface area (Å²) in [5, 5.41) is 3.29. The molecule has 1 N–H and O–H groups in total. The third-order valence-electron chi connectivity index (χ3n) is 6.95. The number of esters is 1. The van der Waals surface area contributed by atoms with Crippen molar-refractivity contribution < 1.29 is 23.9 Å². The van der Waals surface area contributed by atoms with Crippen molar-refractivity contribution in [2.75, 3.05) is 25.1 Å². The Morgan fingerprint density at radius 1 is 1.09 bits per heavy atom. The SMILES string of the molecule is COC(=O)C[C@]12C(=O)NCCN1[C@H](c1ccccc1)[C@H]1C(=O)N(c3ccc(Cl)cc3)C(=O)[C@H]12. The van der Waals surface area contributed by atoms with E-state index < -0.39 is 47.1 Å². The number of carbonyl (C=O) groups is 4. The van der Waals surface area contributed by atoms with Gasteiger partial charge in [-0.15, -0.1) is 0 Å². The summed E-state index contributed by atoms with van der Waals surface area (Å²) in [6.45, 7) is 0.755. The lowest BCUT2D eigenvalue weighted by Gasteiger charge is -2.45. The van der Waals surface area contributed by atoms with Crippen molar-refractivity contribution in [3.05, 3.63) is 65.2 Å². The smallest absolute Gasteiger partial charge is 0.307 e. The second kappa shape index (κ2) is 7.97.